The monoisotopic (exact) mass is 234 g/mol. The lowest BCUT2D eigenvalue weighted by atomic mass is 9.87. The largest absolute Gasteiger partial charge is 0.444 e. The van der Waals surface area contributed by atoms with Crippen molar-refractivity contribution in [2.24, 2.45) is 11.8 Å². The van der Waals surface area contributed by atoms with Crippen LogP contribution in [0.5, 0.6) is 0 Å². The number of nitrogens with zero attached hydrogens (tertiary/aromatic N) is 1. The van der Waals surface area contributed by atoms with Gasteiger partial charge in [-0.05, 0) is 44.6 Å². The molecule has 2 fully saturated rings. The van der Waals surface area contributed by atoms with E-state index in [1.807, 2.05) is 6.20 Å². The number of hydrogen-bond donors (Lipinski definition) is 1. The summed E-state index contributed by atoms with van der Waals surface area (Å²) >= 11 is 0. The van der Waals surface area contributed by atoms with Crippen LogP contribution >= 0.6 is 0 Å². The van der Waals surface area contributed by atoms with Gasteiger partial charge in [-0.25, -0.2) is 4.98 Å². The molecule has 4 unspecified atom stereocenters. The van der Waals surface area contributed by atoms with E-state index in [0.29, 0.717) is 5.92 Å². The van der Waals surface area contributed by atoms with E-state index in [9.17, 15) is 0 Å². The third-order valence-electron chi connectivity index (χ3n) is 4.53. The van der Waals surface area contributed by atoms with Gasteiger partial charge in [0.1, 0.15) is 5.76 Å². The maximum Gasteiger partial charge on any atom is 0.211 e. The Bertz CT molecular complexity index is 387. The van der Waals surface area contributed by atoms with E-state index in [1.165, 1.54) is 25.7 Å². The molecule has 17 heavy (non-hydrogen) atoms. The highest BCUT2D eigenvalue weighted by molar-refractivity contribution is 5.10. The molecule has 2 bridgehead atoms. The van der Waals surface area contributed by atoms with Gasteiger partial charge in [0.15, 0.2) is 0 Å². The lowest BCUT2D eigenvalue weighted by Gasteiger charge is -2.18. The Kier molecular flexibility index (Phi) is 2.95. The lowest BCUT2D eigenvalue weighted by molar-refractivity contribution is 0.329. The Morgan fingerprint density at radius 2 is 2.35 bits per heavy atom. The summed E-state index contributed by atoms with van der Waals surface area (Å²) in [4.78, 5) is 4.43. The minimum absolute atomic E-state index is 0.229. The van der Waals surface area contributed by atoms with Gasteiger partial charge in [0.2, 0.25) is 5.89 Å². The molecule has 2 saturated carbocycles. The fraction of sp³-hybridized carbons (Fsp3) is 0.786. The smallest absolute Gasteiger partial charge is 0.211 e. The van der Waals surface area contributed by atoms with E-state index in [1.54, 1.807) is 0 Å². The zero-order chi connectivity index (χ0) is 11.8. The van der Waals surface area contributed by atoms with Crippen molar-refractivity contribution in [1.29, 1.82) is 0 Å². The van der Waals surface area contributed by atoms with E-state index < -0.39 is 0 Å². The summed E-state index contributed by atoms with van der Waals surface area (Å²) in [6.07, 6.45) is 7.55. The molecule has 0 aromatic carbocycles. The summed E-state index contributed by atoms with van der Waals surface area (Å²) in [6, 6.07) is 0.229. The lowest BCUT2D eigenvalue weighted by Crippen LogP contribution is -2.17. The van der Waals surface area contributed by atoms with Crippen molar-refractivity contribution in [1.82, 2.24) is 10.3 Å². The van der Waals surface area contributed by atoms with Crippen molar-refractivity contribution in [3.63, 3.8) is 0 Å². The van der Waals surface area contributed by atoms with Crippen LogP contribution in [0.25, 0.3) is 0 Å². The van der Waals surface area contributed by atoms with Gasteiger partial charge < -0.3 is 9.73 Å². The minimum Gasteiger partial charge on any atom is -0.444 e. The van der Waals surface area contributed by atoms with Crippen LogP contribution in [0.3, 0.4) is 0 Å². The molecule has 0 amide bonds. The molecular weight excluding hydrogens is 212 g/mol. The molecule has 0 radical (unpaired) electrons. The van der Waals surface area contributed by atoms with Crippen molar-refractivity contribution < 1.29 is 4.42 Å². The summed E-state index contributed by atoms with van der Waals surface area (Å²) in [5.41, 5.74) is 0. The van der Waals surface area contributed by atoms with Crippen molar-refractivity contribution in [2.75, 3.05) is 6.54 Å². The highest BCUT2D eigenvalue weighted by Crippen LogP contribution is 2.52. The maximum atomic E-state index is 5.96. The molecule has 0 spiro atoms. The number of hydrogen-bond acceptors (Lipinski definition) is 3. The van der Waals surface area contributed by atoms with Crippen molar-refractivity contribution in [3.05, 3.63) is 17.8 Å². The van der Waals surface area contributed by atoms with Crippen molar-refractivity contribution in [2.45, 2.75) is 51.5 Å². The van der Waals surface area contributed by atoms with E-state index >= 15 is 0 Å². The number of nitrogens with one attached hydrogen (secondary N) is 1. The molecule has 94 valence electrons. The molecular formula is C14H22N2O. The molecule has 3 rings (SSSR count). The average molecular weight is 234 g/mol. The third-order valence-corrected chi connectivity index (χ3v) is 4.53. The van der Waals surface area contributed by atoms with Crippen LogP contribution in [-0.4, -0.2) is 11.5 Å². The highest BCUT2D eigenvalue weighted by atomic mass is 16.4. The van der Waals surface area contributed by atoms with Crippen LogP contribution < -0.4 is 5.32 Å². The quantitative estimate of drug-likeness (QED) is 0.869. The summed E-state index contributed by atoms with van der Waals surface area (Å²) in [5, 5.41) is 3.34. The third kappa shape index (κ3) is 2.01. The summed E-state index contributed by atoms with van der Waals surface area (Å²) < 4.78 is 5.96. The van der Waals surface area contributed by atoms with Crippen molar-refractivity contribution in [3.8, 4) is 0 Å². The van der Waals surface area contributed by atoms with Gasteiger partial charge >= 0.3 is 0 Å². The van der Waals surface area contributed by atoms with Gasteiger partial charge in [-0.1, -0.05) is 13.3 Å². The molecule has 2 aliphatic rings. The average Bonchev–Trinajstić information content (AvgIpc) is 3.05. The highest BCUT2D eigenvalue weighted by Gasteiger charge is 2.41. The summed E-state index contributed by atoms with van der Waals surface area (Å²) in [7, 11) is 0. The Hall–Kier alpha value is -0.830. The standard InChI is InChI=1S/C14H22N2O/c1-3-15-9(2)14-16-8-13(17-14)12-7-10-4-5-11(12)6-10/h8-12,15H,3-7H2,1-2H3. The first-order valence-corrected chi connectivity index (χ1v) is 6.97. The molecule has 1 heterocycles. The maximum absolute atomic E-state index is 5.96. The fourth-order valence-electron chi connectivity index (χ4n) is 3.66. The molecule has 1 N–H and O–H groups in total. The van der Waals surface area contributed by atoms with Gasteiger partial charge in [-0.15, -0.1) is 0 Å². The second-order valence-electron chi connectivity index (χ2n) is 5.66. The Labute approximate surface area is 103 Å². The molecule has 0 aliphatic heterocycles. The van der Waals surface area contributed by atoms with E-state index in [4.69, 9.17) is 4.42 Å². The first kappa shape index (κ1) is 11.3. The first-order valence-electron chi connectivity index (χ1n) is 6.97. The SMILES string of the molecule is CCNC(C)c1ncc(C2CC3CCC2C3)o1. The molecule has 1 aromatic rings. The zero-order valence-corrected chi connectivity index (χ0v) is 10.8. The predicted octanol–water partition coefficient (Wildman–Crippen LogP) is 3.25. The number of rotatable bonds is 4. The van der Waals surface area contributed by atoms with Crippen LogP contribution in [0.1, 0.15) is 63.1 Å². The number of oxazole rings is 1. The van der Waals surface area contributed by atoms with Crippen LogP contribution in [-0.2, 0) is 0 Å². The van der Waals surface area contributed by atoms with Gasteiger partial charge in [-0.2, -0.15) is 0 Å². The molecule has 0 saturated heterocycles. The predicted molar refractivity (Wildman–Crippen MR) is 66.8 cm³/mol. The Morgan fingerprint density at radius 1 is 1.47 bits per heavy atom. The van der Waals surface area contributed by atoms with Crippen LogP contribution in [0.2, 0.25) is 0 Å². The van der Waals surface area contributed by atoms with Crippen molar-refractivity contribution >= 4 is 0 Å². The summed E-state index contributed by atoms with van der Waals surface area (Å²) in [6.45, 7) is 5.17. The van der Waals surface area contributed by atoms with E-state index in [-0.39, 0.29) is 6.04 Å². The molecule has 2 aliphatic carbocycles. The number of fused-ring (bicyclic) bond motifs is 2. The molecule has 3 heteroatoms. The fourth-order valence-corrected chi connectivity index (χ4v) is 3.66. The number of aromatic nitrogens is 1. The Morgan fingerprint density at radius 3 is 3.00 bits per heavy atom. The van der Waals surface area contributed by atoms with E-state index in [2.05, 4.69) is 24.1 Å². The summed E-state index contributed by atoms with van der Waals surface area (Å²) in [5.74, 6) is 4.48. The first-order chi connectivity index (χ1) is 8.28. The minimum atomic E-state index is 0.229. The van der Waals surface area contributed by atoms with Gasteiger partial charge in [-0.3, -0.25) is 0 Å². The molecule has 3 nitrogen and oxygen atoms in total. The van der Waals surface area contributed by atoms with Gasteiger partial charge in [0.05, 0.1) is 12.2 Å². The normalized spacial score (nSPS) is 33.2. The second-order valence-corrected chi connectivity index (χ2v) is 5.66. The van der Waals surface area contributed by atoms with Gasteiger partial charge in [0, 0.05) is 5.92 Å². The van der Waals surface area contributed by atoms with Crippen LogP contribution in [0.15, 0.2) is 10.6 Å². The topological polar surface area (TPSA) is 38.1 Å². The van der Waals surface area contributed by atoms with E-state index in [0.717, 1.165) is 30.0 Å². The molecule has 4 atom stereocenters. The molecule has 1 aromatic heterocycles. The van der Waals surface area contributed by atoms with Crippen LogP contribution in [0.4, 0.5) is 0 Å². The zero-order valence-electron chi connectivity index (χ0n) is 10.8. The Balaban J connectivity index is 1.72. The van der Waals surface area contributed by atoms with Gasteiger partial charge in [0.25, 0.3) is 0 Å². The van der Waals surface area contributed by atoms with Crippen LogP contribution in [0, 0.1) is 11.8 Å². The second kappa shape index (κ2) is 4.45.